The molecular weight excluding hydrogens is 330 g/mol. The fourth-order valence-corrected chi connectivity index (χ4v) is 4.83. The Morgan fingerprint density at radius 3 is 2.52 bits per heavy atom. The molecule has 0 saturated carbocycles. The molecule has 0 unspecified atom stereocenters. The lowest BCUT2D eigenvalue weighted by molar-refractivity contribution is -0.132. The molecule has 0 bridgehead atoms. The molecule has 2 aliphatic heterocycles. The van der Waals surface area contributed by atoms with Gasteiger partial charge in [0.05, 0.1) is 0 Å². The Bertz CT molecular complexity index is 564. The minimum Gasteiger partial charge on any atom is -0.343 e. The molecule has 0 atom stereocenters. The number of amides is 1. The average Bonchev–Trinajstić information content (AvgIpc) is 2.62. The molecule has 4 nitrogen and oxygen atoms in total. The van der Waals surface area contributed by atoms with E-state index in [-0.39, 0.29) is 0 Å². The van der Waals surface area contributed by atoms with Crippen molar-refractivity contribution < 1.29 is 4.79 Å². The molecule has 138 valence electrons. The van der Waals surface area contributed by atoms with Gasteiger partial charge in [-0.25, -0.2) is 0 Å². The van der Waals surface area contributed by atoms with Crippen LogP contribution in [-0.4, -0.2) is 78.7 Å². The van der Waals surface area contributed by atoms with Crippen LogP contribution in [0.25, 0.3) is 0 Å². The Labute approximate surface area is 156 Å². The number of hydrogen-bond donors (Lipinski definition) is 0. The number of nitrogens with zero attached hydrogens (tertiary/aromatic N) is 3. The van der Waals surface area contributed by atoms with Gasteiger partial charge in [-0.2, -0.15) is 0 Å². The Balaban J connectivity index is 1.37. The molecule has 0 spiro atoms. The zero-order valence-corrected chi connectivity index (χ0v) is 16.4. The van der Waals surface area contributed by atoms with E-state index >= 15 is 0 Å². The fourth-order valence-electron chi connectivity index (χ4n) is 3.59. The highest BCUT2D eigenvalue weighted by Crippen LogP contribution is 2.30. The van der Waals surface area contributed by atoms with Crippen LogP contribution in [0.15, 0.2) is 29.2 Å². The smallest absolute Gasteiger partial charge is 0.223 e. The number of thioether (sulfide) groups is 1. The minimum atomic E-state index is 0.345. The molecule has 2 fully saturated rings. The number of aryl methyl sites for hydroxylation is 1. The number of likely N-dealkylation sites (tertiary alicyclic amines) is 1. The third kappa shape index (κ3) is 5.73. The second-order valence-electron chi connectivity index (χ2n) is 7.41. The molecule has 2 aliphatic rings. The van der Waals surface area contributed by atoms with Gasteiger partial charge in [0.15, 0.2) is 0 Å². The summed E-state index contributed by atoms with van der Waals surface area (Å²) in [5.74, 6) is 0.345. The van der Waals surface area contributed by atoms with Crippen LogP contribution in [-0.2, 0) is 4.79 Å². The van der Waals surface area contributed by atoms with E-state index in [9.17, 15) is 4.79 Å². The topological polar surface area (TPSA) is 26.8 Å². The lowest BCUT2D eigenvalue weighted by atomic mass is 10.1. The van der Waals surface area contributed by atoms with Crippen molar-refractivity contribution in [2.45, 2.75) is 36.3 Å². The molecule has 1 amide bonds. The van der Waals surface area contributed by atoms with E-state index in [1.807, 2.05) is 11.8 Å². The van der Waals surface area contributed by atoms with Crippen LogP contribution in [0.3, 0.4) is 0 Å². The van der Waals surface area contributed by atoms with Gasteiger partial charge in [0.1, 0.15) is 0 Å². The van der Waals surface area contributed by atoms with Gasteiger partial charge in [0.2, 0.25) is 5.91 Å². The van der Waals surface area contributed by atoms with Crippen molar-refractivity contribution >= 4 is 17.7 Å². The van der Waals surface area contributed by atoms with Gasteiger partial charge < -0.3 is 14.7 Å². The summed E-state index contributed by atoms with van der Waals surface area (Å²) < 4.78 is 0. The van der Waals surface area contributed by atoms with Crippen LogP contribution in [0.5, 0.6) is 0 Å². The summed E-state index contributed by atoms with van der Waals surface area (Å²) in [6.45, 7) is 9.34. The maximum absolute atomic E-state index is 12.5. The zero-order chi connectivity index (χ0) is 17.6. The van der Waals surface area contributed by atoms with Crippen LogP contribution in [0, 0.1) is 6.92 Å². The van der Waals surface area contributed by atoms with Crippen molar-refractivity contribution in [1.29, 1.82) is 0 Å². The van der Waals surface area contributed by atoms with Gasteiger partial charge in [0, 0.05) is 62.4 Å². The largest absolute Gasteiger partial charge is 0.343 e. The van der Waals surface area contributed by atoms with Crippen LogP contribution in [0.1, 0.15) is 24.8 Å². The molecule has 1 aromatic carbocycles. The molecule has 0 aliphatic carbocycles. The van der Waals surface area contributed by atoms with Gasteiger partial charge in [-0.05, 0) is 38.9 Å². The van der Waals surface area contributed by atoms with E-state index in [1.54, 1.807) is 0 Å². The predicted octanol–water partition coefficient (Wildman–Crippen LogP) is 2.72. The van der Waals surface area contributed by atoms with Crippen molar-refractivity contribution in [3.63, 3.8) is 0 Å². The number of carbonyl (C=O) groups excluding carboxylic acids is 1. The first kappa shape index (κ1) is 18.7. The van der Waals surface area contributed by atoms with E-state index in [2.05, 4.69) is 52.9 Å². The molecular formula is C20H31N3OS. The van der Waals surface area contributed by atoms with E-state index < -0.39 is 0 Å². The van der Waals surface area contributed by atoms with Crippen molar-refractivity contribution in [2.24, 2.45) is 0 Å². The van der Waals surface area contributed by atoms with Crippen LogP contribution < -0.4 is 0 Å². The van der Waals surface area contributed by atoms with Crippen molar-refractivity contribution in [3.05, 3.63) is 29.8 Å². The normalized spacial score (nSPS) is 20.8. The molecule has 0 radical (unpaired) electrons. The average molecular weight is 362 g/mol. The number of piperidine rings is 1. The number of piperazine rings is 1. The van der Waals surface area contributed by atoms with E-state index in [0.29, 0.717) is 17.6 Å². The highest BCUT2D eigenvalue weighted by molar-refractivity contribution is 8.00. The Kier molecular flexibility index (Phi) is 6.79. The monoisotopic (exact) mass is 361 g/mol. The third-order valence-corrected chi connectivity index (χ3v) is 6.66. The third-order valence-electron chi connectivity index (χ3n) is 5.32. The Morgan fingerprint density at radius 2 is 1.84 bits per heavy atom. The quantitative estimate of drug-likeness (QED) is 0.806. The molecule has 2 heterocycles. The van der Waals surface area contributed by atoms with Crippen LogP contribution in [0.2, 0.25) is 0 Å². The lowest BCUT2D eigenvalue weighted by Crippen LogP contribution is -2.46. The Morgan fingerprint density at radius 1 is 1.12 bits per heavy atom. The van der Waals surface area contributed by atoms with E-state index in [4.69, 9.17) is 0 Å². The fraction of sp³-hybridized carbons (Fsp3) is 0.650. The number of carbonyl (C=O) groups is 1. The second kappa shape index (κ2) is 9.06. The van der Waals surface area contributed by atoms with Gasteiger partial charge in [-0.3, -0.25) is 4.79 Å². The summed E-state index contributed by atoms with van der Waals surface area (Å²) >= 11 is 1.98. The first-order valence-electron chi connectivity index (χ1n) is 9.52. The molecule has 1 aromatic rings. The molecule has 2 saturated heterocycles. The predicted molar refractivity (Wildman–Crippen MR) is 105 cm³/mol. The van der Waals surface area contributed by atoms with Crippen molar-refractivity contribution in [1.82, 2.24) is 14.7 Å². The molecule has 5 heteroatoms. The highest BCUT2D eigenvalue weighted by Gasteiger charge is 2.24. The maximum Gasteiger partial charge on any atom is 0.223 e. The molecule has 3 rings (SSSR count). The zero-order valence-electron chi connectivity index (χ0n) is 15.6. The number of likely N-dealkylation sites (N-methyl/N-ethyl adjacent to an activating group) is 1. The van der Waals surface area contributed by atoms with Crippen molar-refractivity contribution in [3.8, 4) is 0 Å². The molecule has 25 heavy (non-hydrogen) atoms. The van der Waals surface area contributed by atoms with Gasteiger partial charge in [0.25, 0.3) is 0 Å². The van der Waals surface area contributed by atoms with Gasteiger partial charge in [-0.1, -0.05) is 17.7 Å². The number of hydrogen-bond acceptors (Lipinski definition) is 4. The summed E-state index contributed by atoms with van der Waals surface area (Å²) in [7, 11) is 2.17. The lowest BCUT2D eigenvalue weighted by Gasteiger charge is -2.34. The van der Waals surface area contributed by atoms with Gasteiger partial charge in [-0.15, -0.1) is 11.8 Å². The summed E-state index contributed by atoms with van der Waals surface area (Å²) in [5, 5.41) is 0.642. The van der Waals surface area contributed by atoms with Crippen LogP contribution >= 0.6 is 11.8 Å². The summed E-state index contributed by atoms with van der Waals surface area (Å²) in [4.78, 5) is 20.7. The van der Waals surface area contributed by atoms with E-state index in [1.165, 1.54) is 10.5 Å². The maximum atomic E-state index is 12.5. The molecule has 0 N–H and O–H groups in total. The van der Waals surface area contributed by atoms with Gasteiger partial charge >= 0.3 is 0 Å². The van der Waals surface area contributed by atoms with Crippen LogP contribution in [0.4, 0.5) is 0 Å². The number of rotatable bonds is 5. The van der Waals surface area contributed by atoms with Crippen molar-refractivity contribution in [2.75, 3.05) is 52.9 Å². The summed E-state index contributed by atoms with van der Waals surface area (Å²) in [6.07, 6.45) is 2.90. The minimum absolute atomic E-state index is 0.345. The highest BCUT2D eigenvalue weighted by atomic mass is 32.2. The summed E-state index contributed by atoms with van der Waals surface area (Å²) in [5.41, 5.74) is 1.32. The SMILES string of the molecule is Cc1cccc(SC2CCN(C(=O)CCN3CCN(C)CC3)CC2)c1. The second-order valence-corrected chi connectivity index (χ2v) is 8.78. The number of benzene rings is 1. The Hall–Kier alpha value is -1.04. The van der Waals surface area contributed by atoms with E-state index in [0.717, 1.165) is 58.7 Å². The first-order valence-corrected chi connectivity index (χ1v) is 10.4. The summed E-state index contributed by atoms with van der Waals surface area (Å²) in [6, 6.07) is 8.74. The first-order chi connectivity index (χ1) is 12.1. The standard InChI is InChI=1S/C20H31N3OS/c1-17-4-3-5-19(16-17)25-18-6-10-23(11-7-18)20(24)8-9-22-14-12-21(2)13-15-22/h3-5,16,18H,6-15H2,1-2H3. The molecule has 0 aromatic heterocycles.